The number of alkyl halides is 3. The first-order chi connectivity index (χ1) is 20.8. The molecule has 1 unspecified atom stereocenters. The maximum Gasteiger partial charge on any atom is 0.416 e. The molecular weight excluding hydrogens is 613 g/mol. The van der Waals surface area contributed by atoms with Crippen molar-refractivity contribution in [2.24, 2.45) is 0 Å². The number of hydrogen-bond donors (Lipinski definition) is 2. The lowest BCUT2D eigenvalue weighted by Crippen LogP contribution is -2.41. The highest BCUT2D eigenvalue weighted by Crippen LogP contribution is 2.49. The van der Waals surface area contributed by atoms with Crippen LogP contribution in [0, 0.1) is 0 Å². The number of carbonyl (C=O) groups is 2. The molecule has 3 heterocycles. The fourth-order valence-electron chi connectivity index (χ4n) is 4.42. The van der Waals surface area contributed by atoms with Crippen molar-refractivity contribution >= 4 is 49.9 Å². The molecule has 0 saturated carbocycles. The Morgan fingerprint density at radius 3 is 2.39 bits per heavy atom. The number of fused-ring (bicyclic) bond motifs is 2. The Bertz CT molecular complexity index is 1380. The summed E-state index contributed by atoms with van der Waals surface area (Å²) in [6, 6.07) is 3.20. The van der Waals surface area contributed by atoms with E-state index in [1.807, 2.05) is 55.4 Å². The van der Waals surface area contributed by atoms with Crippen molar-refractivity contribution in [3.8, 4) is 10.6 Å². The molecule has 0 spiro atoms. The molecule has 1 aromatic carbocycles. The minimum Gasteiger partial charge on any atom is -0.444 e. The Kier molecular flexibility index (Phi) is 14.1. The number of nitrogens with zero attached hydrogens (tertiary/aromatic N) is 2. The number of aromatic nitrogens is 1. The van der Waals surface area contributed by atoms with Crippen LogP contribution in [0.4, 0.5) is 23.0 Å². The van der Waals surface area contributed by atoms with Gasteiger partial charge in [-0.05, 0) is 57.9 Å². The number of halogens is 3. The topological polar surface area (TPSA) is 92.8 Å². The van der Waals surface area contributed by atoms with E-state index < -0.39 is 23.4 Å². The van der Waals surface area contributed by atoms with Gasteiger partial charge in [-0.2, -0.15) is 13.2 Å². The van der Waals surface area contributed by atoms with E-state index in [4.69, 9.17) is 9.47 Å². The maximum atomic E-state index is 13.3. The van der Waals surface area contributed by atoms with E-state index in [1.165, 1.54) is 28.7 Å². The monoisotopic (exact) mass is 658 g/mol. The van der Waals surface area contributed by atoms with Gasteiger partial charge < -0.3 is 25.0 Å². The maximum absolute atomic E-state index is 13.3. The van der Waals surface area contributed by atoms with Gasteiger partial charge in [0.05, 0.1) is 28.4 Å². The summed E-state index contributed by atoms with van der Waals surface area (Å²) in [6.45, 7) is 17.3. The summed E-state index contributed by atoms with van der Waals surface area (Å²) in [4.78, 5) is 32.9. The first-order valence-corrected chi connectivity index (χ1v) is 16.5. The minimum atomic E-state index is -4.48. The van der Waals surface area contributed by atoms with Gasteiger partial charge in [0.25, 0.3) is 0 Å². The summed E-state index contributed by atoms with van der Waals surface area (Å²) in [5.41, 5.74) is 0.464. The molecule has 0 fully saturated rings. The van der Waals surface area contributed by atoms with Crippen LogP contribution in [0.2, 0.25) is 0 Å². The number of thiophene rings is 1. The molecule has 13 heteroatoms. The molecule has 1 aliphatic rings. The molecule has 4 rings (SSSR count). The fraction of sp³-hybridized carbons (Fsp3) is 0.581. The van der Waals surface area contributed by atoms with Gasteiger partial charge in [0.1, 0.15) is 15.6 Å². The predicted molar refractivity (Wildman–Crippen MR) is 174 cm³/mol. The number of methoxy groups -OCH3 is 1. The van der Waals surface area contributed by atoms with Gasteiger partial charge >= 0.3 is 12.3 Å². The summed E-state index contributed by atoms with van der Waals surface area (Å²) >= 11 is 2.64. The van der Waals surface area contributed by atoms with Gasteiger partial charge in [-0.25, -0.2) is 9.78 Å². The molecule has 44 heavy (non-hydrogen) atoms. The lowest BCUT2D eigenvalue weighted by Gasteiger charge is -2.35. The highest BCUT2D eigenvalue weighted by atomic mass is 32.1. The first-order valence-electron chi connectivity index (χ1n) is 14.9. The molecule has 2 N–H and O–H groups in total. The van der Waals surface area contributed by atoms with Crippen LogP contribution in [0.1, 0.15) is 83.9 Å². The standard InChI is InChI=1S/C27H33F3N4O4S2.2C2H6/c1-15-22-17(9-12-34(15)25(36)38-26(2,3)4)21(24(40-22)33-20(35)8-10-31-11-13-37-5)23-32-18-14-16(27(28,29)30)6-7-19(18)39-23;2*1-2/h6-7,14-15,31H,8-13H2,1-5H3,(H,33,35);2*1-2H3. The number of rotatable bonds is 8. The van der Waals surface area contributed by atoms with Crippen molar-refractivity contribution in [3.05, 3.63) is 34.2 Å². The number of benzene rings is 1. The molecule has 1 atom stereocenters. The van der Waals surface area contributed by atoms with Gasteiger partial charge in [0, 0.05) is 43.6 Å². The van der Waals surface area contributed by atoms with Crippen molar-refractivity contribution in [1.29, 1.82) is 0 Å². The Morgan fingerprint density at radius 1 is 1.09 bits per heavy atom. The fourth-order valence-corrected chi connectivity index (χ4v) is 6.84. The predicted octanol–water partition coefficient (Wildman–Crippen LogP) is 8.51. The van der Waals surface area contributed by atoms with Gasteiger partial charge in [-0.1, -0.05) is 27.7 Å². The van der Waals surface area contributed by atoms with Crippen molar-refractivity contribution in [2.45, 2.75) is 86.1 Å². The molecule has 2 aromatic heterocycles. The van der Waals surface area contributed by atoms with Crippen LogP contribution >= 0.6 is 22.7 Å². The number of carbonyl (C=O) groups excluding carboxylic acids is 2. The number of nitrogens with one attached hydrogen (secondary N) is 2. The van der Waals surface area contributed by atoms with Crippen LogP contribution in [0.3, 0.4) is 0 Å². The summed E-state index contributed by atoms with van der Waals surface area (Å²) < 4.78 is 51.2. The van der Waals surface area contributed by atoms with E-state index in [0.29, 0.717) is 52.9 Å². The van der Waals surface area contributed by atoms with E-state index in [1.54, 1.807) is 12.0 Å². The van der Waals surface area contributed by atoms with Crippen molar-refractivity contribution < 1.29 is 32.2 Å². The molecule has 2 amide bonds. The smallest absolute Gasteiger partial charge is 0.416 e. The number of anilines is 1. The molecule has 3 aromatic rings. The van der Waals surface area contributed by atoms with Gasteiger partial charge in [-0.3, -0.25) is 4.79 Å². The van der Waals surface area contributed by atoms with Crippen LogP contribution in [-0.2, 0) is 26.9 Å². The zero-order valence-electron chi connectivity index (χ0n) is 27.0. The van der Waals surface area contributed by atoms with Gasteiger partial charge in [0.2, 0.25) is 5.91 Å². The number of hydrogen-bond acceptors (Lipinski definition) is 8. The number of thiazole rings is 1. The first kappa shape index (κ1) is 37.4. The van der Waals surface area contributed by atoms with E-state index in [0.717, 1.165) is 22.6 Å². The summed E-state index contributed by atoms with van der Waals surface area (Å²) in [5, 5.41) is 7.23. The SMILES string of the molecule is CC.CC.COCCNCCC(=O)Nc1sc2c(c1-c1nc3cc(C(F)(F)F)ccc3s1)CCN(C(=O)OC(C)(C)C)C2C. The number of ether oxygens (including phenoxy) is 2. The average Bonchev–Trinajstić information content (AvgIpc) is 3.54. The minimum absolute atomic E-state index is 0.207. The Labute approximate surface area is 266 Å². The van der Waals surface area contributed by atoms with Crippen LogP contribution < -0.4 is 10.6 Å². The van der Waals surface area contributed by atoms with Crippen LogP contribution in [0.25, 0.3) is 20.8 Å². The van der Waals surface area contributed by atoms with Crippen molar-refractivity contribution in [1.82, 2.24) is 15.2 Å². The Morgan fingerprint density at radius 2 is 1.77 bits per heavy atom. The molecule has 0 bridgehead atoms. The quantitative estimate of drug-likeness (QED) is 0.236. The van der Waals surface area contributed by atoms with E-state index in [2.05, 4.69) is 15.6 Å². The summed E-state index contributed by atoms with van der Waals surface area (Å²) in [6.07, 6.45) is -4.19. The molecule has 8 nitrogen and oxygen atoms in total. The molecule has 1 aliphatic heterocycles. The number of amides is 2. The molecule has 0 radical (unpaired) electrons. The van der Waals surface area contributed by atoms with Crippen LogP contribution in [0.15, 0.2) is 18.2 Å². The molecule has 0 saturated heterocycles. The third-order valence-electron chi connectivity index (χ3n) is 6.31. The molecular formula is C31H45F3N4O4S2. The second kappa shape index (κ2) is 16.5. The second-order valence-corrected chi connectivity index (χ2v) is 12.6. The molecule has 246 valence electrons. The second-order valence-electron chi connectivity index (χ2n) is 10.5. The summed E-state index contributed by atoms with van der Waals surface area (Å²) in [7, 11) is 1.60. The lowest BCUT2D eigenvalue weighted by atomic mass is 9.98. The highest BCUT2D eigenvalue weighted by molar-refractivity contribution is 7.23. The zero-order valence-corrected chi connectivity index (χ0v) is 28.7. The van der Waals surface area contributed by atoms with Gasteiger partial charge in [-0.15, -0.1) is 22.7 Å². The third kappa shape index (κ3) is 9.63. The normalized spacial score (nSPS) is 14.6. The van der Waals surface area contributed by atoms with Crippen LogP contribution in [0.5, 0.6) is 0 Å². The van der Waals surface area contributed by atoms with Crippen LogP contribution in [-0.4, -0.2) is 60.8 Å². The Balaban J connectivity index is 0.00000162. The van der Waals surface area contributed by atoms with Gasteiger partial charge in [0.15, 0.2) is 0 Å². The van der Waals surface area contributed by atoms with E-state index >= 15 is 0 Å². The summed E-state index contributed by atoms with van der Waals surface area (Å²) in [5.74, 6) is -0.207. The zero-order chi connectivity index (χ0) is 33.2. The van der Waals surface area contributed by atoms with Crippen molar-refractivity contribution in [2.75, 3.05) is 38.7 Å². The lowest BCUT2D eigenvalue weighted by molar-refractivity contribution is -0.137. The van der Waals surface area contributed by atoms with Crippen molar-refractivity contribution in [3.63, 3.8) is 0 Å². The third-order valence-corrected chi connectivity index (χ3v) is 8.68. The molecule has 0 aliphatic carbocycles. The largest absolute Gasteiger partial charge is 0.444 e. The van der Waals surface area contributed by atoms with E-state index in [-0.39, 0.29) is 23.9 Å². The highest BCUT2D eigenvalue weighted by Gasteiger charge is 2.36. The Hall–Kier alpha value is -2.74. The van der Waals surface area contributed by atoms with E-state index in [9.17, 15) is 22.8 Å². The average molecular weight is 659 g/mol.